The van der Waals surface area contributed by atoms with Gasteiger partial charge in [0.15, 0.2) is 11.9 Å². The molecular formula is C31H26F3N3O2. The summed E-state index contributed by atoms with van der Waals surface area (Å²) in [5.41, 5.74) is 5.33. The number of benzene rings is 2. The van der Waals surface area contributed by atoms with Crippen molar-refractivity contribution in [2.24, 2.45) is 5.16 Å². The van der Waals surface area contributed by atoms with Crippen molar-refractivity contribution >= 4 is 11.5 Å². The Kier molecular flexibility index (Phi) is 7.28. The van der Waals surface area contributed by atoms with Gasteiger partial charge in [-0.05, 0) is 65.9 Å². The lowest BCUT2D eigenvalue weighted by Crippen LogP contribution is -2.10. The molecule has 1 aliphatic rings. The van der Waals surface area contributed by atoms with Gasteiger partial charge in [0.05, 0.1) is 11.4 Å². The van der Waals surface area contributed by atoms with E-state index in [9.17, 15) is 18.0 Å². The van der Waals surface area contributed by atoms with Gasteiger partial charge in [-0.1, -0.05) is 54.0 Å². The highest BCUT2D eigenvalue weighted by Gasteiger charge is 2.32. The van der Waals surface area contributed by atoms with Crippen LogP contribution in [-0.2, 0) is 11.0 Å². The summed E-state index contributed by atoms with van der Waals surface area (Å²) >= 11 is 0. The number of aryl methyl sites for hydroxylation is 1. The van der Waals surface area contributed by atoms with Gasteiger partial charge in [0.2, 0.25) is 0 Å². The summed E-state index contributed by atoms with van der Waals surface area (Å²) in [7, 11) is 0. The second kappa shape index (κ2) is 10.8. The number of aromatic nitrogens is 2. The fraction of sp³-hybridized carbons (Fsp3) is 0.226. The van der Waals surface area contributed by atoms with Crippen LogP contribution in [0.4, 0.5) is 13.2 Å². The second-order valence-corrected chi connectivity index (χ2v) is 9.76. The molecule has 0 fully saturated rings. The molecule has 0 N–H and O–H groups in total. The molecule has 8 heteroatoms. The van der Waals surface area contributed by atoms with E-state index in [4.69, 9.17) is 4.84 Å². The first-order valence-electron chi connectivity index (χ1n) is 12.6. The highest BCUT2D eigenvalue weighted by Crippen LogP contribution is 2.32. The number of rotatable bonds is 7. The predicted octanol–water partition coefficient (Wildman–Crippen LogP) is 7.71. The SMILES string of the molecule is Cc1ccc(-c2cc(C(=O)C[C@H](C)c3ccc(C(F)(F)F)nc3)cc(C3=NOC(c4ccccn4)C3)c2)cc1. The van der Waals surface area contributed by atoms with Gasteiger partial charge in [0.1, 0.15) is 5.69 Å². The normalized spacial score (nSPS) is 15.9. The monoisotopic (exact) mass is 529 g/mol. The van der Waals surface area contributed by atoms with Crippen molar-refractivity contribution in [3.05, 3.63) is 119 Å². The van der Waals surface area contributed by atoms with E-state index in [1.807, 2.05) is 61.5 Å². The lowest BCUT2D eigenvalue weighted by atomic mass is 9.90. The third-order valence-electron chi connectivity index (χ3n) is 6.80. The number of carbonyl (C=O) groups excluding carboxylic acids is 1. The number of oxime groups is 1. The van der Waals surface area contributed by atoms with Crippen LogP contribution in [0.25, 0.3) is 11.1 Å². The quantitative estimate of drug-likeness (QED) is 0.230. The van der Waals surface area contributed by atoms with E-state index in [0.29, 0.717) is 23.3 Å². The van der Waals surface area contributed by atoms with Gasteiger partial charge in [0.25, 0.3) is 0 Å². The minimum atomic E-state index is -4.51. The van der Waals surface area contributed by atoms with Gasteiger partial charge in [-0.3, -0.25) is 14.8 Å². The maximum atomic E-state index is 13.5. The molecule has 2 aromatic heterocycles. The second-order valence-electron chi connectivity index (χ2n) is 9.76. The number of hydrogen-bond donors (Lipinski definition) is 0. The molecular weight excluding hydrogens is 503 g/mol. The number of Topliss-reactive ketones (excluding diaryl/α,β-unsaturated/α-hetero) is 1. The minimum absolute atomic E-state index is 0.114. The Balaban J connectivity index is 1.42. The van der Waals surface area contributed by atoms with E-state index in [1.165, 1.54) is 12.3 Å². The minimum Gasteiger partial charge on any atom is -0.385 e. The number of pyridine rings is 2. The highest BCUT2D eigenvalue weighted by molar-refractivity contribution is 6.06. The average Bonchev–Trinajstić information content (AvgIpc) is 3.44. The first-order valence-corrected chi connectivity index (χ1v) is 12.6. The predicted molar refractivity (Wildman–Crippen MR) is 142 cm³/mol. The van der Waals surface area contributed by atoms with Crippen LogP contribution in [0.15, 0.2) is 90.3 Å². The summed E-state index contributed by atoms with van der Waals surface area (Å²) in [4.78, 5) is 27.0. The van der Waals surface area contributed by atoms with Gasteiger partial charge < -0.3 is 4.84 Å². The topological polar surface area (TPSA) is 64.4 Å². The van der Waals surface area contributed by atoms with E-state index in [0.717, 1.165) is 34.0 Å². The molecule has 0 saturated carbocycles. The number of alkyl halides is 3. The van der Waals surface area contributed by atoms with Gasteiger partial charge in [0, 0.05) is 36.4 Å². The zero-order valence-electron chi connectivity index (χ0n) is 21.4. The zero-order valence-corrected chi connectivity index (χ0v) is 21.4. The van der Waals surface area contributed by atoms with E-state index in [1.54, 1.807) is 19.2 Å². The van der Waals surface area contributed by atoms with Crippen LogP contribution in [0, 0.1) is 6.92 Å². The average molecular weight is 530 g/mol. The van der Waals surface area contributed by atoms with Gasteiger partial charge in [-0.15, -0.1) is 0 Å². The van der Waals surface area contributed by atoms with Crippen molar-refractivity contribution < 1.29 is 22.8 Å². The summed E-state index contributed by atoms with van der Waals surface area (Å²) in [6, 6.07) is 21.6. The largest absolute Gasteiger partial charge is 0.433 e. The third kappa shape index (κ3) is 6.06. The molecule has 0 amide bonds. The number of halogens is 3. The number of carbonyl (C=O) groups is 1. The summed E-state index contributed by atoms with van der Waals surface area (Å²) < 4.78 is 38.7. The maximum Gasteiger partial charge on any atom is 0.433 e. The summed E-state index contributed by atoms with van der Waals surface area (Å²) in [6.07, 6.45) is -1.29. The van der Waals surface area contributed by atoms with Crippen molar-refractivity contribution in [1.82, 2.24) is 9.97 Å². The molecule has 2 atom stereocenters. The molecule has 5 rings (SSSR count). The molecule has 2 aromatic carbocycles. The molecule has 0 bridgehead atoms. The Labute approximate surface area is 224 Å². The Bertz CT molecular complexity index is 1500. The maximum absolute atomic E-state index is 13.5. The lowest BCUT2D eigenvalue weighted by Gasteiger charge is -2.14. The van der Waals surface area contributed by atoms with E-state index < -0.39 is 11.9 Å². The number of hydrogen-bond acceptors (Lipinski definition) is 5. The smallest absolute Gasteiger partial charge is 0.385 e. The fourth-order valence-electron chi connectivity index (χ4n) is 4.52. The van der Waals surface area contributed by atoms with Crippen molar-refractivity contribution in [2.45, 2.75) is 44.9 Å². The molecule has 39 heavy (non-hydrogen) atoms. The Morgan fingerprint density at radius 3 is 2.41 bits per heavy atom. The lowest BCUT2D eigenvalue weighted by molar-refractivity contribution is -0.141. The van der Waals surface area contributed by atoms with Crippen LogP contribution in [-0.4, -0.2) is 21.5 Å². The molecule has 4 aromatic rings. The Morgan fingerprint density at radius 2 is 1.74 bits per heavy atom. The molecule has 0 radical (unpaired) electrons. The first kappa shape index (κ1) is 26.3. The fourth-order valence-corrected chi connectivity index (χ4v) is 4.52. The van der Waals surface area contributed by atoms with Crippen LogP contribution in [0.2, 0.25) is 0 Å². The Morgan fingerprint density at radius 1 is 0.974 bits per heavy atom. The number of nitrogens with zero attached hydrogens (tertiary/aromatic N) is 3. The van der Waals surface area contributed by atoms with E-state index >= 15 is 0 Å². The first-order chi connectivity index (χ1) is 18.7. The number of ketones is 1. The van der Waals surface area contributed by atoms with Crippen LogP contribution >= 0.6 is 0 Å². The molecule has 5 nitrogen and oxygen atoms in total. The van der Waals surface area contributed by atoms with Crippen LogP contribution in [0.1, 0.15) is 70.2 Å². The standard InChI is InChI=1S/C31H26F3N3O2/c1-19-6-8-21(9-7-19)23-14-24(27-17-29(39-37-27)26-5-3-4-12-35-26)16-25(15-23)28(38)13-20(2)22-10-11-30(36-18-22)31(32,33)34/h3-12,14-16,18,20,29H,13,17H2,1-2H3/t20-,29?/m0/s1. The van der Waals surface area contributed by atoms with Crippen molar-refractivity contribution in [2.75, 3.05) is 0 Å². The zero-order chi connectivity index (χ0) is 27.6. The Hall–Kier alpha value is -4.33. The molecule has 0 saturated heterocycles. The van der Waals surface area contributed by atoms with Crippen LogP contribution in [0.5, 0.6) is 0 Å². The van der Waals surface area contributed by atoms with Crippen molar-refractivity contribution in [3.63, 3.8) is 0 Å². The van der Waals surface area contributed by atoms with Gasteiger partial charge in [-0.2, -0.15) is 13.2 Å². The molecule has 0 spiro atoms. The third-order valence-corrected chi connectivity index (χ3v) is 6.80. The van der Waals surface area contributed by atoms with Crippen LogP contribution < -0.4 is 0 Å². The van der Waals surface area contributed by atoms with Gasteiger partial charge in [-0.25, -0.2) is 0 Å². The summed E-state index contributed by atoms with van der Waals surface area (Å²) in [6.45, 7) is 3.81. The van der Waals surface area contributed by atoms with E-state index in [-0.39, 0.29) is 24.2 Å². The molecule has 1 aliphatic heterocycles. The van der Waals surface area contributed by atoms with Crippen LogP contribution in [0.3, 0.4) is 0 Å². The molecule has 3 heterocycles. The molecule has 0 aliphatic carbocycles. The summed E-state index contributed by atoms with van der Waals surface area (Å²) in [5.74, 6) is -0.446. The van der Waals surface area contributed by atoms with Gasteiger partial charge >= 0.3 is 6.18 Å². The highest BCUT2D eigenvalue weighted by atomic mass is 19.4. The van der Waals surface area contributed by atoms with E-state index in [2.05, 4.69) is 15.1 Å². The van der Waals surface area contributed by atoms with Crippen molar-refractivity contribution in [3.8, 4) is 11.1 Å². The van der Waals surface area contributed by atoms with Crippen molar-refractivity contribution in [1.29, 1.82) is 0 Å². The summed E-state index contributed by atoms with van der Waals surface area (Å²) in [5, 5.41) is 4.31. The molecule has 198 valence electrons. The molecule has 1 unspecified atom stereocenters.